The quantitative estimate of drug-likeness (QED) is 0.657. The van der Waals surface area contributed by atoms with E-state index in [9.17, 15) is 13.2 Å². The highest BCUT2D eigenvalue weighted by Crippen LogP contribution is 2.31. The van der Waals surface area contributed by atoms with E-state index >= 15 is 0 Å². The highest BCUT2D eigenvalue weighted by molar-refractivity contribution is 5.64. The van der Waals surface area contributed by atoms with Crippen LogP contribution in [0.25, 0.3) is 11.1 Å². The number of rotatable bonds is 3. The first-order valence-electron chi connectivity index (χ1n) is 6.69. The molecule has 0 radical (unpaired) electrons. The topological polar surface area (TPSA) is 0 Å². The summed E-state index contributed by atoms with van der Waals surface area (Å²) in [6.07, 6.45) is -3.24. The van der Waals surface area contributed by atoms with Crippen molar-refractivity contribution in [3.05, 3.63) is 59.7 Å². The van der Waals surface area contributed by atoms with E-state index in [2.05, 4.69) is 26.0 Å². The normalized spacial score (nSPS) is 13.2. The van der Waals surface area contributed by atoms with Crippen molar-refractivity contribution in [1.82, 2.24) is 0 Å². The Labute approximate surface area is 117 Å². The van der Waals surface area contributed by atoms with E-state index in [1.54, 1.807) is 0 Å². The Balaban J connectivity index is 2.32. The molecule has 0 amide bonds. The van der Waals surface area contributed by atoms with Crippen molar-refractivity contribution < 1.29 is 13.2 Å². The molecular weight excluding hydrogens is 261 g/mol. The van der Waals surface area contributed by atoms with Crippen LogP contribution in [0, 0.1) is 0 Å². The van der Waals surface area contributed by atoms with Gasteiger partial charge in [-0.1, -0.05) is 50.2 Å². The molecule has 2 rings (SSSR count). The Morgan fingerprint density at radius 2 is 1.60 bits per heavy atom. The summed E-state index contributed by atoms with van der Waals surface area (Å²) < 4.78 is 37.6. The number of hydrogen-bond donors (Lipinski definition) is 0. The lowest BCUT2D eigenvalue weighted by atomic mass is 9.94. The zero-order valence-electron chi connectivity index (χ0n) is 11.5. The lowest BCUT2D eigenvalue weighted by Crippen LogP contribution is -2.04. The van der Waals surface area contributed by atoms with E-state index in [-0.39, 0.29) is 0 Å². The number of benzene rings is 2. The van der Waals surface area contributed by atoms with E-state index in [1.807, 2.05) is 12.1 Å². The van der Waals surface area contributed by atoms with Crippen LogP contribution in [0.4, 0.5) is 13.2 Å². The fraction of sp³-hybridized carbons (Fsp3) is 0.294. The van der Waals surface area contributed by atoms with Gasteiger partial charge in [0.05, 0.1) is 5.56 Å². The van der Waals surface area contributed by atoms with E-state index in [4.69, 9.17) is 0 Å². The fourth-order valence-corrected chi connectivity index (χ4v) is 2.11. The van der Waals surface area contributed by atoms with Crippen LogP contribution < -0.4 is 0 Å². The summed E-state index contributed by atoms with van der Waals surface area (Å²) in [6, 6.07) is 13.3. The van der Waals surface area contributed by atoms with Crippen LogP contribution >= 0.6 is 0 Å². The van der Waals surface area contributed by atoms with Gasteiger partial charge in [-0.25, -0.2) is 0 Å². The first kappa shape index (κ1) is 14.6. The Hall–Kier alpha value is -1.77. The fourth-order valence-electron chi connectivity index (χ4n) is 2.11. The van der Waals surface area contributed by atoms with Gasteiger partial charge in [-0.05, 0) is 41.2 Å². The predicted octanol–water partition coefficient (Wildman–Crippen LogP) is 5.89. The highest BCUT2D eigenvalue weighted by atomic mass is 19.4. The third-order valence-electron chi connectivity index (χ3n) is 3.61. The van der Waals surface area contributed by atoms with Crippen LogP contribution in [0.5, 0.6) is 0 Å². The summed E-state index contributed by atoms with van der Waals surface area (Å²) in [5.74, 6) is 0.449. The Morgan fingerprint density at radius 1 is 0.950 bits per heavy atom. The maximum atomic E-state index is 12.5. The van der Waals surface area contributed by atoms with Crippen LogP contribution in [0.15, 0.2) is 48.5 Å². The summed E-state index contributed by atoms with van der Waals surface area (Å²) in [6.45, 7) is 4.27. The van der Waals surface area contributed by atoms with E-state index in [0.717, 1.165) is 29.7 Å². The Bertz CT molecular complexity index is 568. The molecule has 2 aromatic rings. The van der Waals surface area contributed by atoms with Crippen LogP contribution in [-0.4, -0.2) is 0 Å². The molecule has 1 atom stereocenters. The first-order chi connectivity index (χ1) is 9.41. The monoisotopic (exact) mass is 278 g/mol. The largest absolute Gasteiger partial charge is 0.416 e. The lowest BCUT2D eigenvalue weighted by molar-refractivity contribution is -0.137. The molecule has 2 aromatic carbocycles. The van der Waals surface area contributed by atoms with Crippen LogP contribution in [-0.2, 0) is 6.18 Å². The minimum atomic E-state index is -4.28. The van der Waals surface area contributed by atoms with Gasteiger partial charge in [0.2, 0.25) is 0 Å². The maximum absolute atomic E-state index is 12.5. The second-order valence-electron chi connectivity index (χ2n) is 5.01. The minimum absolute atomic E-state index is 0.449. The second kappa shape index (κ2) is 5.70. The van der Waals surface area contributed by atoms with Gasteiger partial charge in [0.15, 0.2) is 0 Å². The molecule has 0 bridgehead atoms. The van der Waals surface area contributed by atoms with Crippen LogP contribution in [0.3, 0.4) is 0 Å². The summed E-state index contributed by atoms with van der Waals surface area (Å²) in [5, 5.41) is 0. The molecule has 0 spiro atoms. The number of alkyl halides is 3. The smallest absolute Gasteiger partial charge is 0.166 e. The third kappa shape index (κ3) is 3.21. The van der Waals surface area contributed by atoms with E-state index < -0.39 is 11.7 Å². The zero-order valence-corrected chi connectivity index (χ0v) is 11.5. The van der Waals surface area contributed by atoms with Crippen molar-refractivity contribution in [1.29, 1.82) is 0 Å². The second-order valence-corrected chi connectivity index (χ2v) is 5.01. The average Bonchev–Trinajstić information content (AvgIpc) is 2.46. The van der Waals surface area contributed by atoms with Crippen molar-refractivity contribution in [3.63, 3.8) is 0 Å². The van der Waals surface area contributed by atoms with Gasteiger partial charge in [-0.15, -0.1) is 0 Å². The van der Waals surface area contributed by atoms with Crippen LogP contribution in [0.2, 0.25) is 0 Å². The molecule has 0 aliphatic rings. The molecule has 0 N–H and O–H groups in total. The van der Waals surface area contributed by atoms with Crippen molar-refractivity contribution in [2.45, 2.75) is 32.4 Å². The summed E-state index contributed by atoms with van der Waals surface area (Å²) in [7, 11) is 0. The molecule has 0 heterocycles. The molecule has 106 valence electrons. The summed E-state index contributed by atoms with van der Waals surface area (Å²) in [4.78, 5) is 0. The van der Waals surface area contributed by atoms with Gasteiger partial charge < -0.3 is 0 Å². The molecule has 0 fully saturated rings. The van der Waals surface area contributed by atoms with Gasteiger partial charge in [0.1, 0.15) is 0 Å². The highest BCUT2D eigenvalue weighted by Gasteiger charge is 2.29. The first-order valence-corrected chi connectivity index (χ1v) is 6.69. The van der Waals surface area contributed by atoms with E-state index in [1.165, 1.54) is 17.7 Å². The number of halogens is 3. The standard InChI is InChI=1S/C17H17F3/c1-3-12(2)14-5-4-6-15(11-14)13-7-9-16(10-8-13)17(18,19)20/h4-12H,3H2,1-2H3. The third-order valence-corrected chi connectivity index (χ3v) is 3.61. The van der Waals surface area contributed by atoms with Gasteiger partial charge in [-0.3, -0.25) is 0 Å². The van der Waals surface area contributed by atoms with Gasteiger partial charge >= 0.3 is 6.18 Å². The zero-order chi connectivity index (χ0) is 14.8. The van der Waals surface area contributed by atoms with Crippen LogP contribution in [0.1, 0.15) is 37.3 Å². The molecule has 20 heavy (non-hydrogen) atoms. The molecular formula is C17H17F3. The van der Waals surface area contributed by atoms with Crippen molar-refractivity contribution in [3.8, 4) is 11.1 Å². The van der Waals surface area contributed by atoms with Gasteiger partial charge in [0.25, 0.3) is 0 Å². The molecule has 0 aromatic heterocycles. The Kier molecular flexibility index (Phi) is 4.17. The Morgan fingerprint density at radius 3 is 2.15 bits per heavy atom. The van der Waals surface area contributed by atoms with Crippen molar-refractivity contribution in [2.24, 2.45) is 0 Å². The van der Waals surface area contributed by atoms with Crippen molar-refractivity contribution >= 4 is 0 Å². The molecule has 0 aliphatic carbocycles. The van der Waals surface area contributed by atoms with E-state index in [0.29, 0.717) is 5.92 Å². The maximum Gasteiger partial charge on any atom is 0.416 e. The minimum Gasteiger partial charge on any atom is -0.166 e. The molecule has 3 heteroatoms. The summed E-state index contributed by atoms with van der Waals surface area (Å²) >= 11 is 0. The van der Waals surface area contributed by atoms with Crippen molar-refractivity contribution in [2.75, 3.05) is 0 Å². The molecule has 1 unspecified atom stereocenters. The van der Waals surface area contributed by atoms with Gasteiger partial charge in [-0.2, -0.15) is 13.2 Å². The molecule has 0 nitrogen and oxygen atoms in total. The molecule has 0 saturated heterocycles. The van der Waals surface area contributed by atoms with Gasteiger partial charge in [0, 0.05) is 0 Å². The SMILES string of the molecule is CCC(C)c1cccc(-c2ccc(C(F)(F)F)cc2)c1. The lowest BCUT2D eigenvalue weighted by Gasteiger charge is -2.12. The summed E-state index contributed by atoms with van der Waals surface area (Å²) in [5.41, 5.74) is 2.36. The molecule has 0 saturated carbocycles. The number of hydrogen-bond acceptors (Lipinski definition) is 0. The average molecular weight is 278 g/mol. The molecule has 0 aliphatic heterocycles. The predicted molar refractivity (Wildman–Crippen MR) is 75.6 cm³/mol.